The minimum Gasteiger partial charge on any atom is -0.337 e. The Morgan fingerprint density at radius 3 is 2.62 bits per heavy atom. The molecule has 1 amide bonds. The lowest BCUT2D eigenvalue weighted by atomic mass is 9.99. The number of halogens is 2. The highest BCUT2D eigenvalue weighted by atomic mass is 32.2. The molecule has 1 aliphatic rings. The molecule has 0 unspecified atom stereocenters. The first kappa shape index (κ1) is 18.3. The zero-order chi connectivity index (χ0) is 17.7. The number of sulfonamides is 1. The van der Waals surface area contributed by atoms with Gasteiger partial charge in [-0.3, -0.25) is 4.79 Å². The second kappa shape index (κ2) is 7.68. The fourth-order valence-electron chi connectivity index (χ4n) is 2.48. The minimum absolute atomic E-state index is 0.187. The number of rotatable bonds is 5. The van der Waals surface area contributed by atoms with Gasteiger partial charge in [-0.15, -0.1) is 0 Å². The third kappa shape index (κ3) is 4.49. The molecule has 0 radical (unpaired) electrons. The van der Waals surface area contributed by atoms with Gasteiger partial charge in [0.1, 0.15) is 0 Å². The minimum atomic E-state index is -4.03. The van der Waals surface area contributed by atoms with Gasteiger partial charge in [0.05, 0.1) is 23.4 Å². The summed E-state index contributed by atoms with van der Waals surface area (Å²) in [6.07, 6.45) is -1.28. The first-order valence-electron chi connectivity index (χ1n) is 7.40. The van der Waals surface area contributed by atoms with Crippen LogP contribution in [-0.2, 0) is 10.0 Å². The second-order valence-corrected chi connectivity index (χ2v) is 7.25. The molecule has 0 spiro atoms. The van der Waals surface area contributed by atoms with Crippen LogP contribution in [0, 0.1) is 17.2 Å². The predicted octanol–water partition coefficient (Wildman–Crippen LogP) is 1.61. The summed E-state index contributed by atoms with van der Waals surface area (Å²) in [5, 5.41) is 8.96. The number of carbonyl (C=O) groups excluding carboxylic acids is 1. The van der Waals surface area contributed by atoms with Crippen LogP contribution in [-0.4, -0.2) is 45.3 Å². The first-order valence-corrected chi connectivity index (χ1v) is 8.88. The van der Waals surface area contributed by atoms with Crippen LogP contribution in [0.3, 0.4) is 0 Å². The molecule has 0 saturated carbocycles. The number of carbonyl (C=O) groups is 1. The van der Waals surface area contributed by atoms with Crippen LogP contribution in [0.4, 0.5) is 8.78 Å². The molecule has 0 aromatic heterocycles. The SMILES string of the molecule is N#C[C@H]1CCCN(C(=O)c2ccc(S(=O)(=O)NCC(F)F)cc2)C1. The fourth-order valence-corrected chi connectivity index (χ4v) is 3.49. The van der Waals surface area contributed by atoms with Crippen LogP contribution in [0.5, 0.6) is 0 Å². The molecule has 1 aliphatic heterocycles. The molecular weight excluding hydrogens is 340 g/mol. The van der Waals surface area contributed by atoms with Gasteiger partial charge in [0, 0.05) is 18.7 Å². The molecule has 130 valence electrons. The van der Waals surface area contributed by atoms with Gasteiger partial charge in [-0.1, -0.05) is 0 Å². The zero-order valence-electron chi connectivity index (χ0n) is 12.8. The van der Waals surface area contributed by atoms with Crippen molar-refractivity contribution >= 4 is 15.9 Å². The van der Waals surface area contributed by atoms with E-state index in [-0.39, 0.29) is 16.7 Å². The molecule has 1 aromatic carbocycles. The molecule has 1 fully saturated rings. The third-order valence-corrected chi connectivity index (χ3v) is 5.17. The Morgan fingerprint density at radius 1 is 1.38 bits per heavy atom. The number of hydrogen-bond acceptors (Lipinski definition) is 4. The topological polar surface area (TPSA) is 90.3 Å². The monoisotopic (exact) mass is 357 g/mol. The smallest absolute Gasteiger partial charge is 0.253 e. The van der Waals surface area contributed by atoms with Crippen molar-refractivity contribution in [3.05, 3.63) is 29.8 Å². The number of likely N-dealkylation sites (tertiary alicyclic amines) is 1. The molecule has 1 heterocycles. The molecular formula is C15H17F2N3O3S. The number of amides is 1. The molecule has 6 nitrogen and oxygen atoms in total. The second-order valence-electron chi connectivity index (χ2n) is 5.49. The maximum Gasteiger partial charge on any atom is 0.253 e. The van der Waals surface area contributed by atoms with Gasteiger partial charge in [-0.2, -0.15) is 5.26 Å². The van der Waals surface area contributed by atoms with Crippen molar-refractivity contribution in [1.29, 1.82) is 5.26 Å². The average molecular weight is 357 g/mol. The van der Waals surface area contributed by atoms with Gasteiger partial charge in [-0.05, 0) is 37.1 Å². The maximum absolute atomic E-state index is 12.4. The van der Waals surface area contributed by atoms with Crippen molar-refractivity contribution < 1.29 is 22.0 Å². The number of nitrogens with zero attached hydrogens (tertiary/aromatic N) is 2. The van der Waals surface area contributed by atoms with Crippen LogP contribution < -0.4 is 4.72 Å². The highest BCUT2D eigenvalue weighted by Crippen LogP contribution is 2.19. The third-order valence-electron chi connectivity index (χ3n) is 3.73. The van der Waals surface area contributed by atoms with Crippen molar-refractivity contribution in [2.75, 3.05) is 19.6 Å². The highest BCUT2D eigenvalue weighted by molar-refractivity contribution is 7.89. The molecule has 0 aliphatic carbocycles. The summed E-state index contributed by atoms with van der Waals surface area (Å²) in [5.41, 5.74) is 0.293. The van der Waals surface area contributed by atoms with E-state index >= 15 is 0 Å². The normalized spacial score (nSPS) is 18.4. The predicted molar refractivity (Wildman–Crippen MR) is 81.9 cm³/mol. The van der Waals surface area contributed by atoms with E-state index in [0.29, 0.717) is 18.7 Å². The van der Waals surface area contributed by atoms with E-state index in [1.807, 2.05) is 0 Å². The summed E-state index contributed by atoms with van der Waals surface area (Å²) >= 11 is 0. The summed E-state index contributed by atoms with van der Waals surface area (Å²) < 4.78 is 49.7. The molecule has 1 aromatic rings. The van der Waals surface area contributed by atoms with Crippen molar-refractivity contribution in [2.24, 2.45) is 5.92 Å². The molecule has 1 atom stereocenters. The van der Waals surface area contributed by atoms with E-state index in [9.17, 15) is 22.0 Å². The van der Waals surface area contributed by atoms with Gasteiger partial charge < -0.3 is 4.90 Å². The molecule has 9 heteroatoms. The number of benzene rings is 1. The van der Waals surface area contributed by atoms with Crippen LogP contribution in [0.15, 0.2) is 29.2 Å². The van der Waals surface area contributed by atoms with Gasteiger partial charge in [0.25, 0.3) is 12.3 Å². The number of nitriles is 1. The van der Waals surface area contributed by atoms with Crippen LogP contribution in [0.2, 0.25) is 0 Å². The van der Waals surface area contributed by atoms with Crippen LogP contribution in [0.25, 0.3) is 0 Å². The summed E-state index contributed by atoms with van der Waals surface area (Å²) in [6, 6.07) is 7.24. The summed E-state index contributed by atoms with van der Waals surface area (Å²) in [4.78, 5) is 13.8. The van der Waals surface area contributed by atoms with E-state index < -0.39 is 23.0 Å². The Kier molecular flexibility index (Phi) is 5.85. The van der Waals surface area contributed by atoms with E-state index in [2.05, 4.69) is 6.07 Å². The average Bonchev–Trinajstić information content (AvgIpc) is 2.59. The Labute approximate surface area is 139 Å². The van der Waals surface area contributed by atoms with Gasteiger partial charge in [0.15, 0.2) is 0 Å². The number of alkyl halides is 2. The van der Waals surface area contributed by atoms with E-state index in [4.69, 9.17) is 5.26 Å². The molecule has 1 saturated heterocycles. The summed E-state index contributed by atoms with van der Waals surface area (Å²) in [5.74, 6) is -0.472. The summed E-state index contributed by atoms with van der Waals surface area (Å²) in [6.45, 7) is -0.0648. The lowest BCUT2D eigenvalue weighted by Crippen LogP contribution is -2.39. The lowest BCUT2D eigenvalue weighted by Gasteiger charge is -2.29. The van der Waals surface area contributed by atoms with Crippen LogP contribution in [0.1, 0.15) is 23.2 Å². The molecule has 2 rings (SSSR count). The zero-order valence-corrected chi connectivity index (χ0v) is 13.6. The van der Waals surface area contributed by atoms with Crippen molar-refractivity contribution in [3.63, 3.8) is 0 Å². The van der Waals surface area contributed by atoms with E-state index in [0.717, 1.165) is 12.8 Å². The quantitative estimate of drug-likeness (QED) is 0.867. The Hall–Kier alpha value is -2.05. The molecule has 0 bridgehead atoms. The highest BCUT2D eigenvalue weighted by Gasteiger charge is 2.24. The molecule has 1 N–H and O–H groups in total. The number of nitrogens with one attached hydrogen (secondary N) is 1. The Balaban J connectivity index is 2.09. The number of piperidine rings is 1. The maximum atomic E-state index is 12.4. The Morgan fingerprint density at radius 2 is 2.04 bits per heavy atom. The van der Waals surface area contributed by atoms with Gasteiger partial charge in [0.2, 0.25) is 10.0 Å². The molecule has 24 heavy (non-hydrogen) atoms. The van der Waals surface area contributed by atoms with Crippen molar-refractivity contribution in [3.8, 4) is 6.07 Å². The Bertz CT molecular complexity index is 729. The van der Waals surface area contributed by atoms with E-state index in [1.165, 1.54) is 24.3 Å². The largest absolute Gasteiger partial charge is 0.337 e. The van der Waals surface area contributed by atoms with E-state index in [1.54, 1.807) is 9.62 Å². The fraction of sp³-hybridized carbons (Fsp3) is 0.467. The van der Waals surface area contributed by atoms with Crippen LogP contribution >= 0.6 is 0 Å². The van der Waals surface area contributed by atoms with Gasteiger partial charge in [-0.25, -0.2) is 21.9 Å². The summed E-state index contributed by atoms with van der Waals surface area (Å²) in [7, 11) is -4.03. The standard InChI is InChI=1S/C15H17F2N3O3S/c16-14(17)9-19-24(22,23)13-5-3-12(4-6-13)15(21)20-7-1-2-11(8-18)10-20/h3-6,11,14,19H,1-2,7,9-10H2/t11-/m1/s1. The van der Waals surface area contributed by atoms with Gasteiger partial charge >= 0.3 is 0 Å². The lowest BCUT2D eigenvalue weighted by molar-refractivity contribution is 0.0698. The number of hydrogen-bond donors (Lipinski definition) is 1. The first-order chi connectivity index (χ1) is 11.3. The van der Waals surface area contributed by atoms with Crippen molar-refractivity contribution in [2.45, 2.75) is 24.2 Å². The van der Waals surface area contributed by atoms with Crippen molar-refractivity contribution in [1.82, 2.24) is 9.62 Å².